The number of benzene rings is 2. The number of carbonyl (C=O) groups excluding carboxylic acids is 1. The molecule has 3 rings (SSSR count). The normalized spacial score (nSPS) is 11.0. The monoisotopic (exact) mass is 388 g/mol. The number of halogens is 1. The lowest BCUT2D eigenvalue weighted by molar-refractivity contribution is -0.120. The minimum absolute atomic E-state index is 0.0174. The van der Waals surface area contributed by atoms with E-state index in [1.807, 2.05) is 48.5 Å². The first-order valence-corrected chi connectivity index (χ1v) is 9.65. The summed E-state index contributed by atoms with van der Waals surface area (Å²) < 4.78 is 5.01. The van der Waals surface area contributed by atoms with Gasteiger partial charge in [0, 0.05) is 46.6 Å². The molecule has 2 aromatic carbocycles. The lowest BCUT2D eigenvalue weighted by Crippen LogP contribution is -2.26. The Morgan fingerprint density at radius 1 is 1.19 bits per heavy atom. The highest BCUT2D eigenvalue weighted by Crippen LogP contribution is 2.35. The van der Waals surface area contributed by atoms with E-state index >= 15 is 0 Å². The van der Waals surface area contributed by atoms with Crippen LogP contribution in [-0.2, 0) is 16.0 Å². The van der Waals surface area contributed by atoms with Gasteiger partial charge in [-0.1, -0.05) is 41.6 Å². The van der Waals surface area contributed by atoms with Gasteiger partial charge in [0.25, 0.3) is 0 Å². The quantitative estimate of drug-likeness (QED) is 0.551. The molecule has 1 amide bonds. The largest absolute Gasteiger partial charge is 0.385 e. The summed E-state index contributed by atoms with van der Waals surface area (Å²) in [5, 5.41) is 5.74. The van der Waals surface area contributed by atoms with E-state index in [-0.39, 0.29) is 5.91 Å². The van der Waals surface area contributed by atoms with Gasteiger partial charge in [-0.3, -0.25) is 4.79 Å². The van der Waals surface area contributed by atoms with Gasteiger partial charge >= 0.3 is 0 Å². The molecule has 0 radical (unpaired) electrons. The van der Waals surface area contributed by atoms with Gasteiger partial charge in [-0.25, -0.2) is 0 Å². The molecule has 26 heavy (non-hydrogen) atoms. The molecule has 4 nitrogen and oxygen atoms in total. The summed E-state index contributed by atoms with van der Waals surface area (Å²) >= 11 is 7.58. The molecule has 0 atom stereocenters. The van der Waals surface area contributed by atoms with Gasteiger partial charge in [0.2, 0.25) is 5.91 Å². The van der Waals surface area contributed by atoms with Crippen molar-refractivity contribution >= 4 is 40.2 Å². The fraction of sp³-hybridized carbons (Fsp3) is 0.250. The van der Waals surface area contributed by atoms with E-state index in [2.05, 4.69) is 10.3 Å². The summed E-state index contributed by atoms with van der Waals surface area (Å²) in [6.07, 6.45) is 1.15. The number of rotatable bonds is 8. The van der Waals surface area contributed by atoms with Crippen LogP contribution in [0, 0.1) is 0 Å². The topological polar surface area (TPSA) is 54.1 Å². The van der Waals surface area contributed by atoms with Crippen molar-refractivity contribution in [2.24, 2.45) is 0 Å². The van der Waals surface area contributed by atoms with Gasteiger partial charge in [-0.2, -0.15) is 0 Å². The smallest absolute Gasteiger partial charge is 0.224 e. The summed E-state index contributed by atoms with van der Waals surface area (Å²) in [6.45, 7) is 1.26. The number of nitrogens with one attached hydrogen (secondary N) is 2. The first-order chi connectivity index (χ1) is 12.7. The Balaban J connectivity index is 1.80. The number of methoxy groups -OCH3 is 1. The third-order valence-corrected chi connectivity index (χ3v) is 5.31. The van der Waals surface area contributed by atoms with E-state index in [0.717, 1.165) is 32.8 Å². The zero-order valence-electron chi connectivity index (χ0n) is 14.5. The van der Waals surface area contributed by atoms with Crippen molar-refractivity contribution in [2.75, 3.05) is 20.3 Å². The van der Waals surface area contributed by atoms with Gasteiger partial charge in [0.05, 0.1) is 11.4 Å². The number of para-hydroxylation sites is 1. The SMILES string of the molecule is COCCCNC(=O)Cc1c(Sc2ccc(Cl)cc2)[nH]c2ccccc12. The van der Waals surface area contributed by atoms with Crippen LogP contribution in [0.3, 0.4) is 0 Å². The molecular weight excluding hydrogens is 368 g/mol. The highest BCUT2D eigenvalue weighted by molar-refractivity contribution is 7.99. The van der Waals surface area contributed by atoms with Crippen molar-refractivity contribution in [2.45, 2.75) is 22.8 Å². The average Bonchev–Trinajstić information content (AvgIpc) is 2.98. The average molecular weight is 389 g/mol. The van der Waals surface area contributed by atoms with E-state index in [4.69, 9.17) is 16.3 Å². The number of aromatic amines is 1. The van der Waals surface area contributed by atoms with Crippen molar-refractivity contribution in [3.8, 4) is 0 Å². The molecule has 2 N–H and O–H groups in total. The Bertz CT molecular complexity index is 877. The fourth-order valence-electron chi connectivity index (χ4n) is 2.73. The molecule has 0 unspecified atom stereocenters. The molecule has 0 fully saturated rings. The fourth-order valence-corrected chi connectivity index (χ4v) is 3.83. The third kappa shape index (κ3) is 4.81. The van der Waals surface area contributed by atoms with Crippen LogP contribution < -0.4 is 5.32 Å². The summed E-state index contributed by atoms with van der Waals surface area (Å²) in [7, 11) is 1.66. The number of H-pyrrole nitrogens is 1. The predicted molar refractivity (Wildman–Crippen MR) is 107 cm³/mol. The van der Waals surface area contributed by atoms with Crippen molar-refractivity contribution < 1.29 is 9.53 Å². The second kappa shape index (κ2) is 9.12. The summed E-state index contributed by atoms with van der Waals surface area (Å²) in [5.74, 6) is 0.0174. The van der Waals surface area contributed by atoms with Crippen molar-refractivity contribution in [1.29, 1.82) is 0 Å². The van der Waals surface area contributed by atoms with Crippen molar-refractivity contribution in [1.82, 2.24) is 10.3 Å². The van der Waals surface area contributed by atoms with Crippen LogP contribution in [0.1, 0.15) is 12.0 Å². The molecule has 136 valence electrons. The Morgan fingerprint density at radius 3 is 2.73 bits per heavy atom. The second-order valence-corrected chi connectivity index (χ2v) is 7.43. The number of hydrogen-bond donors (Lipinski definition) is 2. The zero-order valence-corrected chi connectivity index (χ0v) is 16.1. The predicted octanol–water partition coefficient (Wildman–Crippen LogP) is 4.67. The minimum atomic E-state index is 0.0174. The Hall–Kier alpha value is -1.95. The number of hydrogen-bond acceptors (Lipinski definition) is 3. The summed E-state index contributed by atoms with van der Waals surface area (Å²) in [5.41, 5.74) is 2.05. The van der Waals surface area contributed by atoms with Crippen molar-refractivity contribution in [3.05, 3.63) is 59.1 Å². The molecule has 0 saturated heterocycles. The third-order valence-electron chi connectivity index (χ3n) is 3.99. The van der Waals surface area contributed by atoms with E-state index < -0.39 is 0 Å². The number of ether oxygens (including phenoxy) is 1. The lowest BCUT2D eigenvalue weighted by atomic mass is 10.1. The van der Waals surface area contributed by atoms with Gasteiger partial charge in [-0.15, -0.1) is 0 Å². The molecule has 6 heteroatoms. The van der Waals surface area contributed by atoms with E-state index in [1.165, 1.54) is 0 Å². The molecule has 1 heterocycles. The number of amides is 1. The van der Waals surface area contributed by atoms with Gasteiger partial charge in [-0.05, 0) is 36.8 Å². The first-order valence-electron chi connectivity index (χ1n) is 8.46. The standard InChI is InChI=1S/C20H21ClN2O2S/c1-25-12-4-11-22-19(24)13-17-16-5-2-3-6-18(16)23-20(17)26-15-9-7-14(21)8-10-15/h2-3,5-10,23H,4,11-13H2,1H3,(H,22,24). The van der Waals surface area contributed by atoms with Crippen LogP contribution in [0.15, 0.2) is 58.5 Å². The summed E-state index contributed by atoms with van der Waals surface area (Å²) in [6, 6.07) is 15.8. The number of aromatic nitrogens is 1. The van der Waals surface area contributed by atoms with Gasteiger partial charge in [0.1, 0.15) is 0 Å². The molecule has 1 aromatic heterocycles. The zero-order chi connectivity index (χ0) is 18.4. The van der Waals surface area contributed by atoms with Crippen LogP contribution in [0.2, 0.25) is 5.02 Å². The first kappa shape index (κ1) is 18.8. The second-order valence-electron chi connectivity index (χ2n) is 5.91. The molecule has 0 bridgehead atoms. The number of fused-ring (bicyclic) bond motifs is 1. The van der Waals surface area contributed by atoms with E-state index in [9.17, 15) is 4.79 Å². The highest BCUT2D eigenvalue weighted by Gasteiger charge is 2.15. The molecule has 0 aliphatic carbocycles. The Kier molecular flexibility index (Phi) is 6.61. The van der Waals surface area contributed by atoms with Crippen LogP contribution >= 0.6 is 23.4 Å². The molecule has 0 aliphatic rings. The van der Waals surface area contributed by atoms with E-state index in [1.54, 1.807) is 18.9 Å². The van der Waals surface area contributed by atoms with Crippen LogP contribution in [0.5, 0.6) is 0 Å². The highest BCUT2D eigenvalue weighted by atomic mass is 35.5. The molecular formula is C20H21ClN2O2S. The molecule has 0 aliphatic heterocycles. The lowest BCUT2D eigenvalue weighted by Gasteiger charge is -2.07. The maximum absolute atomic E-state index is 12.4. The van der Waals surface area contributed by atoms with Gasteiger partial charge < -0.3 is 15.0 Å². The van der Waals surface area contributed by atoms with Crippen LogP contribution in [-0.4, -0.2) is 31.2 Å². The summed E-state index contributed by atoms with van der Waals surface area (Å²) in [4.78, 5) is 16.9. The molecule has 0 saturated carbocycles. The van der Waals surface area contributed by atoms with E-state index in [0.29, 0.717) is 24.6 Å². The van der Waals surface area contributed by atoms with Gasteiger partial charge in [0.15, 0.2) is 0 Å². The van der Waals surface area contributed by atoms with Crippen LogP contribution in [0.25, 0.3) is 10.9 Å². The van der Waals surface area contributed by atoms with Crippen molar-refractivity contribution in [3.63, 3.8) is 0 Å². The molecule has 0 spiro atoms. The Morgan fingerprint density at radius 2 is 1.96 bits per heavy atom. The maximum Gasteiger partial charge on any atom is 0.224 e. The molecule has 3 aromatic rings. The maximum atomic E-state index is 12.4. The number of carbonyl (C=O) groups is 1. The Labute approximate surface area is 162 Å². The van der Waals surface area contributed by atoms with Crippen LogP contribution in [0.4, 0.5) is 0 Å². The minimum Gasteiger partial charge on any atom is -0.385 e.